The van der Waals surface area contributed by atoms with Crippen LogP contribution in [0.15, 0.2) is 0 Å². The molecule has 2 fully saturated rings. The lowest BCUT2D eigenvalue weighted by atomic mass is 10.7. The van der Waals surface area contributed by atoms with Crippen LogP contribution in [0.1, 0.15) is 0 Å². The minimum Gasteiger partial charge on any atom is -0.439 e. The minimum atomic E-state index is -0.856. The van der Waals surface area contributed by atoms with Crippen molar-refractivity contribution < 1.29 is 28.7 Å². The zero-order chi connectivity index (χ0) is 11.0. The minimum absolute atomic E-state index is 0.358. The van der Waals surface area contributed by atoms with Crippen LogP contribution in [0, 0.1) is 0 Å². The molecule has 80 valence electrons. The van der Waals surface area contributed by atoms with Crippen molar-refractivity contribution >= 4 is 32.9 Å². The van der Waals surface area contributed by atoms with Crippen LogP contribution in [0.2, 0.25) is 0 Å². The highest BCUT2D eigenvalue weighted by Crippen LogP contribution is 2.30. The molecule has 0 N–H and O–H groups in total. The molecule has 0 aromatic carbocycles. The summed E-state index contributed by atoms with van der Waals surface area (Å²) in [4.78, 5) is 44.1. The van der Waals surface area contributed by atoms with Crippen LogP contribution in [0.5, 0.6) is 0 Å². The van der Waals surface area contributed by atoms with Crippen LogP contribution in [0.25, 0.3) is 0 Å². The molecular weight excluding hydrogens is 227 g/mol. The fraction of sp³-hybridized carbons (Fsp3) is 0.333. The van der Waals surface area contributed by atoms with E-state index in [1.54, 1.807) is 0 Å². The molecule has 4 amide bonds. The first-order valence-electron chi connectivity index (χ1n) is 3.85. The first-order valence-corrected chi connectivity index (χ1v) is 4.75. The van der Waals surface area contributed by atoms with Gasteiger partial charge in [-0.15, -0.1) is 0 Å². The number of nitrogens with zero attached hydrogens (tertiary/aromatic N) is 2. The van der Waals surface area contributed by atoms with Gasteiger partial charge in [-0.2, -0.15) is 0 Å². The van der Waals surface area contributed by atoms with Gasteiger partial charge in [0, 0.05) is 0 Å². The zero-order valence-corrected chi connectivity index (χ0v) is 8.26. The average Bonchev–Trinajstić information content (AvgIpc) is 2.67. The SMILES string of the molecule is O=C1COC(=O)N1PN1C(=O)COC1=O. The van der Waals surface area contributed by atoms with Gasteiger partial charge in [0.2, 0.25) is 0 Å². The molecule has 0 atom stereocenters. The second-order valence-corrected chi connectivity index (χ2v) is 3.76. The molecule has 15 heavy (non-hydrogen) atoms. The molecular formula is C6H5N2O6P. The molecule has 2 saturated heterocycles. The third kappa shape index (κ3) is 1.63. The standard InChI is InChI=1S/C6H5N2O6P/c9-3-1-13-5(11)7(3)15-8-4(10)2-14-6(8)12/h15H,1-2H2. The molecule has 0 radical (unpaired) electrons. The largest absolute Gasteiger partial charge is 0.439 e. The van der Waals surface area contributed by atoms with Gasteiger partial charge in [0.15, 0.2) is 13.2 Å². The van der Waals surface area contributed by atoms with E-state index >= 15 is 0 Å². The molecule has 0 unspecified atom stereocenters. The Morgan fingerprint density at radius 1 is 0.867 bits per heavy atom. The van der Waals surface area contributed by atoms with Crippen LogP contribution in [-0.2, 0) is 19.1 Å². The molecule has 2 aliphatic rings. The zero-order valence-electron chi connectivity index (χ0n) is 7.26. The lowest BCUT2D eigenvalue weighted by Crippen LogP contribution is -2.29. The number of amides is 4. The van der Waals surface area contributed by atoms with Crippen LogP contribution < -0.4 is 0 Å². The normalized spacial score (nSPS) is 21.1. The summed E-state index contributed by atoms with van der Waals surface area (Å²) in [6.45, 7) is -0.716. The molecule has 0 aromatic rings. The van der Waals surface area contributed by atoms with E-state index in [0.717, 1.165) is 0 Å². The van der Waals surface area contributed by atoms with E-state index in [1.807, 2.05) is 0 Å². The molecule has 2 heterocycles. The van der Waals surface area contributed by atoms with Crippen LogP contribution in [0.4, 0.5) is 9.59 Å². The summed E-state index contributed by atoms with van der Waals surface area (Å²) in [5.74, 6) is -1.16. The van der Waals surface area contributed by atoms with Gasteiger partial charge in [0.25, 0.3) is 11.8 Å². The summed E-state index contributed by atoms with van der Waals surface area (Å²) in [7, 11) is -0.721. The number of carbonyl (C=O) groups excluding carboxylic acids is 4. The summed E-state index contributed by atoms with van der Waals surface area (Å²) in [5, 5.41) is 0. The van der Waals surface area contributed by atoms with E-state index in [4.69, 9.17) is 0 Å². The van der Waals surface area contributed by atoms with Crippen molar-refractivity contribution in [3.63, 3.8) is 0 Å². The van der Waals surface area contributed by atoms with Crippen molar-refractivity contribution in [1.82, 2.24) is 9.34 Å². The fourth-order valence-corrected chi connectivity index (χ4v) is 1.85. The molecule has 8 nitrogen and oxygen atoms in total. The maximum Gasteiger partial charge on any atom is 0.421 e. The van der Waals surface area contributed by atoms with Gasteiger partial charge in [-0.05, 0) is 0 Å². The van der Waals surface area contributed by atoms with Crippen LogP contribution >= 0.6 is 8.88 Å². The molecule has 0 aromatic heterocycles. The van der Waals surface area contributed by atoms with Crippen molar-refractivity contribution in [3.05, 3.63) is 0 Å². The highest BCUT2D eigenvalue weighted by molar-refractivity contribution is 7.36. The van der Waals surface area contributed by atoms with Crippen LogP contribution in [-0.4, -0.2) is 46.6 Å². The van der Waals surface area contributed by atoms with Gasteiger partial charge < -0.3 is 9.47 Å². The highest BCUT2D eigenvalue weighted by Gasteiger charge is 2.39. The number of cyclic esters (lactones) is 2. The Morgan fingerprint density at radius 2 is 1.27 bits per heavy atom. The number of carbonyl (C=O) groups is 4. The molecule has 0 aliphatic carbocycles. The van der Waals surface area contributed by atoms with E-state index in [9.17, 15) is 19.2 Å². The first-order chi connectivity index (χ1) is 7.09. The Bertz CT molecular complexity index is 303. The summed E-state index contributed by atoms with van der Waals surface area (Å²) in [6, 6.07) is 0. The van der Waals surface area contributed by atoms with Gasteiger partial charge in [0.05, 0.1) is 0 Å². The molecule has 0 spiro atoms. The number of hydrogen-bond donors (Lipinski definition) is 0. The Hall–Kier alpha value is -1.69. The Balaban J connectivity index is 2.08. The monoisotopic (exact) mass is 232 g/mol. The van der Waals surface area contributed by atoms with Crippen molar-refractivity contribution in [1.29, 1.82) is 0 Å². The maximum absolute atomic E-state index is 11.1. The average molecular weight is 232 g/mol. The lowest BCUT2D eigenvalue weighted by molar-refractivity contribution is -0.123. The van der Waals surface area contributed by atoms with Gasteiger partial charge in [-0.1, -0.05) is 0 Å². The number of imide groups is 2. The smallest absolute Gasteiger partial charge is 0.421 e. The van der Waals surface area contributed by atoms with E-state index < -0.39 is 32.9 Å². The topological polar surface area (TPSA) is 93.2 Å². The van der Waals surface area contributed by atoms with Crippen LogP contribution in [0.3, 0.4) is 0 Å². The van der Waals surface area contributed by atoms with Crippen molar-refractivity contribution in [2.45, 2.75) is 0 Å². The Labute approximate surface area is 85.0 Å². The number of ether oxygens (including phenoxy) is 2. The fourth-order valence-electron chi connectivity index (χ4n) is 1.00. The molecule has 0 saturated carbocycles. The van der Waals surface area contributed by atoms with Gasteiger partial charge >= 0.3 is 12.2 Å². The second-order valence-electron chi connectivity index (χ2n) is 2.67. The summed E-state index contributed by atoms with van der Waals surface area (Å²) < 4.78 is 10.2. The molecule has 9 heteroatoms. The van der Waals surface area contributed by atoms with Crippen molar-refractivity contribution in [3.8, 4) is 0 Å². The second kappa shape index (κ2) is 3.47. The number of rotatable bonds is 2. The van der Waals surface area contributed by atoms with Gasteiger partial charge in [-0.3, -0.25) is 9.59 Å². The third-order valence-electron chi connectivity index (χ3n) is 1.70. The first kappa shape index (κ1) is 9.85. The van der Waals surface area contributed by atoms with Crippen molar-refractivity contribution in [2.24, 2.45) is 0 Å². The van der Waals surface area contributed by atoms with Gasteiger partial charge in [-0.25, -0.2) is 18.9 Å². The Morgan fingerprint density at radius 3 is 1.53 bits per heavy atom. The Kier molecular flexibility index (Phi) is 2.28. The number of hydrogen-bond acceptors (Lipinski definition) is 6. The van der Waals surface area contributed by atoms with E-state index in [2.05, 4.69) is 9.47 Å². The molecule has 2 aliphatic heterocycles. The van der Waals surface area contributed by atoms with Gasteiger partial charge in [0.1, 0.15) is 8.88 Å². The summed E-state index contributed by atoms with van der Waals surface area (Å²) in [5.41, 5.74) is 0. The molecule has 0 bridgehead atoms. The summed E-state index contributed by atoms with van der Waals surface area (Å²) in [6.07, 6.45) is -1.71. The quantitative estimate of drug-likeness (QED) is 0.593. The lowest BCUT2D eigenvalue weighted by Gasteiger charge is -2.15. The third-order valence-corrected chi connectivity index (χ3v) is 2.97. The highest BCUT2D eigenvalue weighted by atomic mass is 31.1. The van der Waals surface area contributed by atoms with E-state index in [1.165, 1.54) is 0 Å². The predicted octanol–water partition coefficient (Wildman–Crippen LogP) is -0.548. The predicted molar refractivity (Wildman–Crippen MR) is 44.7 cm³/mol. The van der Waals surface area contributed by atoms with Crippen molar-refractivity contribution in [2.75, 3.05) is 13.2 Å². The van der Waals surface area contributed by atoms with E-state index in [0.29, 0.717) is 9.34 Å². The van der Waals surface area contributed by atoms with E-state index in [-0.39, 0.29) is 13.2 Å². The maximum atomic E-state index is 11.1. The summed E-state index contributed by atoms with van der Waals surface area (Å²) >= 11 is 0. The molecule has 2 rings (SSSR count).